The van der Waals surface area contributed by atoms with Crippen LogP contribution in [-0.4, -0.2) is 19.1 Å². The fraction of sp³-hybridized carbons (Fsp3) is 0.167. The van der Waals surface area contributed by atoms with Gasteiger partial charge in [-0.15, -0.1) is 0 Å². The summed E-state index contributed by atoms with van der Waals surface area (Å²) in [5.41, 5.74) is 1.49. The molecular weight excluding hydrogens is 280 g/mol. The van der Waals surface area contributed by atoms with Crippen molar-refractivity contribution in [3.63, 3.8) is 0 Å². The van der Waals surface area contributed by atoms with Gasteiger partial charge >= 0.3 is 0 Å². The van der Waals surface area contributed by atoms with Gasteiger partial charge in [-0.2, -0.15) is 0 Å². The molecule has 0 aliphatic rings. The second kappa shape index (κ2) is 8.62. The molecule has 0 fully saturated rings. The highest BCUT2D eigenvalue weighted by atomic mass is 18.2. The van der Waals surface area contributed by atoms with Gasteiger partial charge in [-0.3, -0.25) is 9.18 Å². The molecule has 114 valence electrons. The minimum Gasteiger partial charge on any atom is -0.493 e. The molecule has 1 N–H and O–H groups in total. The Hall–Kier alpha value is -2.62. The fourth-order valence-corrected chi connectivity index (χ4v) is 1.80. The highest BCUT2D eigenvalue weighted by Crippen LogP contribution is 2.16. The van der Waals surface area contributed by atoms with E-state index in [1.807, 2.05) is 30.3 Å². The Morgan fingerprint density at radius 1 is 1.09 bits per heavy atom. The molecule has 0 atom stereocenters. The second-order valence-electron chi connectivity index (χ2n) is 4.62. The zero-order chi connectivity index (χ0) is 15.6. The Bertz CT molecular complexity index is 609. The van der Waals surface area contributed by atoms with E-state index < -0.39 is 0 Å². The van der Waals surface area contributed by atoms with E-state index >= 15 is 0 Å². The molecule has 0 spiro atoms. The van der Waals surface area contributed by atoms with Crippen LogP contribution < -0.4 is 10.1 Å². The third kappa shape index (κ3) is 5.05. The van der Waals surface area contributed by atoms with Crippen molar-refractivity contribution in [1.29, 1.82) is 0 Å². The standard InChI is InChI=1S/C18H18FNO2/c19-12-4-14-22-17-9-7-16(8-10-17)20-13-11-18(21)15-5-2-1-3-6-15/h1-3,5-11,13,20H,4,12,14H2/i19-1. The van der Waals surface area contributed by atoms with Crippen LogP contribution in [0.4, 0.5) is 10.1 Å². The van der Waals surface area contributed by atoms with Gasteiger partial charge in [0, 0.05) is 29.9 Å². The third-order valence-corrected chi connectivity index (χ3v) is 2.94. The molecule has 2 rings (SSSR count). The smallest absolute Gasteiger partial charge is 0.187 e. The minimum atomic E-state index is -0.375. The lowest BCUT2D eigenvalue weighted by molar-refractivity contribution is 0.104. The number of carbonyl (C=O) groups excluding carboxylic acids is 1. The molecule has 0 aliphatic carbocycles. The predicted octanol–water partition coefficient (Wildman–Crippen LogP) is 4.23. The molecule has 22 heavy (non-hydrogen) atoms. The molecule has 3 nitrogen and oxygen atoms in total. The van der Waals surface area contributed by atoms with E-state index in [4.69, 9.17) is 4.74 Å². The Kier molecular flexibility index (Phi) is 6.18. The van der Waals surface area contributed by atoms with Gasteiger partial charge in [0.25, 0.3) is 0 Å². The molecule has 0 saturated carbocycles. The van der Waals surface area contributed by atoms with Crippen molar-refractivity contribution in [2.45, 2.75) is 6.42 Å². The van der Waals surface area contributed by atoms with Crippen LogP contribution in [0.25, 0.3) is 0 Å². The van der Waals surface area contributed by atoms with Gasteiger partial charge in [-0.05, 0) is 24.3 Å². The summed E-state index contributed by atoms with van der Waals surface area (Å²) in [5, 5.41) is 3.02. The lowest BCUT2D eigenvalue weighted by atomic mass is 10.1. The fourth-order valence-electron chi connectivity index (χ4n) is 1.80. The van der Waals surface area contributed by atoms with Crippen molar-refractivity contribution in [3.05, 3.63) is 72.4 Å². The lowest BCUT2D eigenvalue weighted by Crippen LogP contribution is -1.98. The number of hydrogen-bond donors (Lipinski definition) is 1. The number of alkyl halides is 1. The second-order valence-corrected chi connectivity index (χ2v) is 4.62. The number of allylic oxidation sites excluding steroid dienone is 1. The van der Waals surface area contributed by atoms with Crippen molar-refractivity contribution in [1.82, 2.24) is 0 Å². The van der Waals surface area contributed by atoms with Crippen LogP contribution in [-0.2, 0) is 0 Å². The molecule has 2 aromatic rings. The summed E-state index contributed by atoms with van der Waals surface area (Å²) in [5.74, 6) is 0.641. The highest BCUT2D eigenvalue weighted by Gasteiger charge is 1.99. The molecule has 0 bridgehead atoms. The number of nitrogens with one attached hydrogen (secondary N) is 1. The van der Waals surface area contributed by atoms with Crippen molar-refractivity contribution in [2.75, 3.05) is 18.6 Å². The number of ketones is 1. The third-order valence-electron chi connectivity index (χ3n) is 2.94. The molecule has 0 unspecified atom stereocenters. The summed E-state index contributed by atoms with van der Waals surface area (Å²) < 4.78 is 17.3. The van der Waals surface area contributed by atoms with Gasteiger partial charge < -0.3 is 10.1 Å². The summed E-state index contributed by atoms with van der Waals surface area (Å²) in [6.07, 6.45) is 3.49. The first-order valence-corrected chi connectivity index (χ1v) is 7.11. The van der Waals surface area contributed by atoms with Crippen molar-refractivity contribution in [3.8, 4) is 5.75 Å². The van der Waals surface area contributed by atoms with E-state index in [0.29, 0.717) is 24.3 Å². The number of benzene rings is 2. The van der Waals surface area contributed by atoms with Crippen molar-refractivity contribution >= 4 is 11.5 Å². The van der Waals surface area contributed by atoms with Gasteiger partial charge in [-0.25, -0.2) is 0 Å². The Morgan fingerprint density at radius 3 is 2.50 bits per heavy atom. The zero-order valence-corrected chi connectivity index (χ0v) is 12.2. The monoisotopic (exact) mass is 298 g/mol. The Morgan fingerprint density at radius 2 is 1.82 bits per heavy atom. The quantitative estimate of drug-likeness (QED) is 0.450. The first-order valence-electron chi connectivity index (χ1n) is 7.11. The minimum absolute atomic E-state index is 0.0562. The van der Waals surface area contributed by atoms with Gasteiger partial charge in [0.1, 0.15) is 5.75 Å². The van der Waals surface area contributed by atoms with E-state index in [1.165, 1.54) is 6.08 Å². The largest absolute Gasteiger partial charge is 0.493 e. The van der Waals surface area contributed by atoms with E-state index in [-0.39, 0.29) is 12.5 Å². The molecule has 4 heteroatoms. The summed E-state index contributed by atoms with van der Waals surface area (Å²) in [7, 11) is 0. The van der Waals surface area contributed by atoms with Gasteiger partial charge in [0.2, 0.25) is 0 Å². The molecule has 0 saturated heterocycles. The Labute approximate surface area is 129 Å². The maximum absolute atomic E-state index is 12.0. The van der Waals surface area contributed by atoms with Gasteiger partial charge in [0.05, 0.1) is 13.3 Å². The SMILES string of the molecule is O=C(C=CNc1ccc(OCCC[18F])cc1)c1ccccc1. The van der Waals surface area contributed by atoms with Crippen LogP contribution in [0, 0.1) is 0 Å². The van der Waals surface area contributed by atoms with Crippen LogP contribution in [0.3, 0.4) is 0 Å². The van der Waals surface area contributed by atoms with Crippen LogP contribution >= 0.6 is 0 Å². The number of carbonyl (C=O) groups is 1. The summed E-state index contributed by atoms with van der Waals surface area (Å²) in [6, 6.07) is 16.3. The van der Waals surface area contributed by atoms with Gasteiger partial charge in [-0.1, -0.05) is 30.3 Å². The topological polar surface area (TPSA) is 38.3 Å². The number of rotatable bonds is 8. The van der Waals surface area contributed by atoms with Crippen molar-refractivity contribution in [2.24, 2.45) is 0 Å². The Balaban J connectivity index is 1.83. The molecule has 0 aliphatic heterocycles. The molecule has 0 radical (unpaired) electrons. The first kappa shape index (κ1) is 15.8. The number of anilines is 1. The van der Waals surface area contributed by atoms with Crippen LogP contribution in [0.1, 0.15) is 16.8 Å². The average Bonchev–Trinajstić information content (AvgIpc) is 2.57. The summed E-state index contributed by atoms with van der Waals surface area (Å²) in [6.45, 7) is -0.00533. The maximum atomic E-state index is 12.0. The molecule has 0 aromatic heterocycles. The lowest BCUT2D eigenvalue weighted by Gasteiger charge is -2.06. The highest BCUT2D eigenvalue weighted by molar-refractivity contribution is 6.04. The molecular formula is C18H18FNO2. The van der Waals surface area contributed by atoms with Crippen LogP contribution in [0.15, 0.2) is 66.9 Å². The van der Waals surface area contributed by atoms with E-state index in [1.54, 1.807) is 30.5 Å². The van der Waals surface area contributed by atoms with Crippen molar-refractivity contribution < 1.29 is 13.9 Å². The normalized spacial score (nSPS) is 10.6. The number of hydrogen-bond acceptors (Lipinski definition) is 3. The zero-order valence-electron chi connectivity index (χ0n) is 12.2. The molecule has 2 aromatic carbocycles. The van der Waals surface area contributed by atoms with Gasteiger partial charge in [0.15, 0.2) is 5.78 Å². The summed E-state index contributed by atoms with van der Waals surface area (Å²) in [4.78, 5) is 11.9. The number of halogens is 1. The molecule has 0 amide bonds. The van der Waals surface area contributed by atoms with Crippen LogP contribution in [0.5, 0.6) is 5.75 Å². The van der Waals surface area contributed by atoms with E-state index in [9.17, 15) is 9.18 Å². The van der Waals surface area contributed by atoms with Crippen LogP contribution in [0.2, 0.25) is 0 Å². The predicted molar refractivity (Wildman–Crippen MR) is 86.1 cm³/mol. The van der Waals surface area contributed by atoms with E-state index in [2.05, 4.69) is 5.32 Å². The van der Waals surface area contributed by atoms with E-state index in [0.717, 1.165) is 5.69 Å². The summed E-state index contributed by atoms with van der Waals surface area (Å²) >= 11 is 0. The molecule has 0 heterocycles. The maximum Gasteiger partial charge on any atom is 0.187 e. The average molecular weight is 298 g/mol. The first-order chi connectivity index (χ1) is 10.8. The number of ether oxygens (including phenoxy) is 1.